The number of carbonyl (C=O) groups excluding carboxylic acids is 4. The molecule has 1 N–H and O–H groups in total. The molecule has 0 bridgehead atoms. The molecule has 2 saturated carbocycles. The molecule has 3 aromatic carbocycles. The van der Waals surface area contributed by atoms with Gasteiger partial charge < -0.3 is 19.4 Å². The zero-order valence-corrected chi connectivity index (χ0v) is 36.4. The van der Waals surface area contributed by atoms with Gasteiger partial charge in [0.25, 0.3) is 11.5 Å². The first-order valence-corrected chi connectivity index (χ1v) is 23.8. The second-order valence-corrected chi connectivity index (χ2v) is 20.3. The number of fused-ring (bicyclic) bond motifs is 11. The number of likely N-dealkylation sites (tertiary alicyclic amines) is 2. The highest BCUT2D eigenvalue weighted by Crippen LogP contribution is 2.53. The molecule has 6 aliphatic heterocycles. The number of ether oxygens (including phenoxy) is 1. The Morgan fingerprint density at radius 1 is 0.857 bits per heavy atom. The molecule has 2 aliphatic carbocycles. The molecule has 63 heavy (non-hydrogen) atoms. The second kappa shape index (κ2) is 14.7. The first-order valence-electron chi connectivity index (χ1n) is 23.5. The Kier molecular flexibility index (Phi) is 9.24. The number of hydrogen-bond acceptors (Lipinski definition) is 8. The molecule has 7 heterocycles. The fourth-order valence-electron chi connectivity index (χ4n) is 13.4. The van der Waals surface area contributed by atoms with Crippen LogP contribution in [-0.4, -0.2) is 92.7 Å². The van der Waals surface area contributed by atoms with Crippen molar-refractivity contribution in [3.05, 3.63) is 97.5 Å². The molecule has 3 atom stereocenters. The summed E-state index contributed by atoms with van der Waals surface area (Å²) in [5.41, 5.74) is 6.51. The van der Waals surface area contributed by atoms with Gasteiger partial charge in [-0.15, -0.1) is 0 Å². The Hall–Kier alpha value is -5.07. The summed E-state index contributed by atoms with van der Waals surface area (Å²) in [6.45, 7) is 4.24. The Morgan fingerprint density at radius 2 is 1.65 bits per heavy atom. The number of piperidine rings is 3. The van der Waals surface area contributed by atoms with Crippen LogP contribution in [0.5, 0.6) is 5.75 Å². The molecule has 2 spiro atoms. The van der Waals surface area contributed by atoms with Crippen molar-refractivity contribution in [1.29, 1.82) is 0 Å². The van der Waals surface area contributed by atoms with E-state index in [-0.39, 0.29) is 40.5 Å². The molecule has 4 aromatic rings. The number of halogens is 1. The molecule has 0 radical (unpaired) electrons. The van der Waals surface area contributed by atoms with Crippen molar-refractivity contribution < 1.29 is 23.9 Å². The van der Waals surface area contributed by atoms with Gasteiger partial charge in [-0.05, 0) is 119 Å². The zero-order valence-electron chi connectivity index (χ0n) is 35.6. The number of amides is 4. The molecular formula is C50H53ClN6O6. The number of nitrogens with zero attached hydrogens (tertiary/aromatic N) is 5. The molecule has 2 unspecified atom stereocenters. The summed E-state index contributed by atoms with van der Waals surface area (Å²) < 4.78 is 8.65. The van der Waals surface area contributed by atoms with Crippen molar-refractivity contribution in [1.82, 2.24) is 29.6 Å². The Bertz CT molecular complexity index is 2690. The molecule has 12 rings (SSSR count). The summed E-state index contributed by atoms with van der Waals surface area (Å²) in [4.78, 5) is 76.5. The second-order valence-electron chi connectivity index (χ2n) is 19.9. The number of carbonyl (C=O) groups is 4. The Morgan fingerprint density at radius 3 is 2.44 bits per heavy atom. The van der Waals surface area contributed by atoms with Crippen LogP contribution in [0.2, 0.25) is 5.02 Å². The molecule has 4 amide bonds. The smallest absolute Gasteiger partial charge is 0.282 e. The minimum Gasteiger partial charge on any atom is -0.492 e. The maximum Gasteiger partial charge on any atom is 0.282 e. The van der Waals surface area contributed by atoms with Crippen LogP contribution in [0.15, 0.2) is 53.3 Å². The van der Waals surface area contributed by atoms with Gasteiger partial charge in [-0.25, -0.2) is 0 Å². The van der Waals surface area contributed by atoms with Gasteiger partial charge in [0, 0.05) is 53.6 Å². The van der Waals surface area contributed by atoms with Crippen LogP contribution in [0.25, 0.3) is 16.6 Å². The highest BCUT2D eigenvalue weighted by molar-refractivity contribution is 6.35. The highest BCUT2D eigenvalue weighted by Gasteiger charge is 2.50. The van der Waals surface area contributed by atoms with Crippen molar-refractivity contribution in [2.75, 3.05) is 32.8 Å². The van der Waals surface area contributed by atoms with Crippen LogP contribution < -0.4 is 15.6 Å². The maximum absolute atomic E-state index is 14.1. The molecule has 8 aliphatic rings. The van der Waals surface area contributed by atoms with Gasteiger partial charge >= 0.3 is 0 Å². The Balaban J connectivity index is 0.688. The fraction of sp³-hybridized carbons (Fsp3) is 0.520. The van der Waals surface area contributed by atoms with E-state index in [1.54, 1.807) is 11.0 Å². The van der Waals surface area contributed by atoms with Crippen molar-refractivity contribution in [3.63, 3.8) is 0 Å². The van der Waals surface area contributed by atoms with Crippen LogP contribution in [0.3, 0.4) is 0 Å². The predicted octanol–water partition coefficient (Wildman–Crippen LogP) is 6.66. The average molecular weight is 869 g/mol. The van der Waals surface area contributed by atoms with Gasteiger partial charge in [-0.1, -0.05) is 55.1 Å². The number of aromatic nitrogens is 2. The molecule has 3 saturated heterocycles. The largest absolute Gasteiger partial charge is 0.492 e. The van der Waals surface area contributed by atoms with Crippen LogP contribution in [0, 0.1) is 5.92 Å². The topological polar surface area (TPSA) is 134 Å². The van der Waals surface area contributed by atoms with E-state index in [9.17, 15) is 24.0 Å². The summed E-state index contributed by atoms with van der Waals surface area (Å²) in [6.07, 6.45) is 12.7. The minimum atomic E-state index is -0.662. The van der Waals surface area contributed by atoms with E-state index in [1.807, 2.05) is 24.3 Å². The van der Waals surface area contributed by atoms with Crippen molar-refractivity contribution >= 4 is 46.1 Å². The molecule has 326 valence electrons. The predicted molar refractivity (Wildman–Crippen MR) is 236 cm³/mol. The molecular weight excluding hydrogens is 816 g/mol. The monoisotopic (exact) mass is 868 g/mol. The van der Waals surface area contributed by atoms with Crippen molar-refractivity contribution in [3.8, 4) is 11.4 Å². The van der Waals surface area contributed by atoms with E-state index in [1.165, 1.54) is 17.5 Å². The van der Waals surface area contributed by atoms with Crippen LogP contribution in [0.4, 0.5) is 0 Å². The molecule has 13 heteroatoms. The summed E-state index contributed by atoms with van der Waals surface area (Å²) in [6, 6.07) is 16.5. The van der Waals surface area contributed by atoms with Crippen LogP contribution >= 0.6 is 11.6 Å². The van der Waals surface area contributed by atoms with E-state index < -0.39 is 11.9 Å². The number of rotatable bonds is 4. The third-order valence-electron chi connectivity index (χ3n) is 16.8. The lowest BCUT2D eigenvalue weighted by molar-refractivity contribution is -0.138. The third-order valence-corrected chi connectivity index (χ3v) is 17.1. The lowest BCUT2D eigenvalue weighted by Gasteiger charge is -2.39. The Labute approximate surface area is 371 Å². The van der Waals surface area contributed by atoms with Gasteiger partial charge in [-0.3, -0.25) is 33.9 Å². The summed E-state index contributed by atoms with van der Waals surface area (Å²) in [7, 11) is 0. The van der Waals surface area contributed by atoms with Crippen molar-refractivity contribution in [2.45, 2.75) is 125 Å². The van der Waals surface area contributed by atoms with E-state index >= 15 is 0 Å². The number of hydrogen-bond donors (Lipinski definition) is 1. The SMILES string of the molecule is O=C1CC[C@H](N2Cc3c(ccc4c3OCC43CCN(C(=O)C4CCC(N5CCC(c6ccc7c(c6)-n6c(nc(=O)c8c(Cl)cccc86)C76CCCCC6)CC5)C4)CC3)C2=O)C(=O)N1. The normalized spacial score (nSPS) is 26.2. The highest BCUT2D eigenvalue weighted by atomic mass is 35.5. The molecule has 12 nitrogen and oxygen atoms in total. The van der Waals surface area contributed by atoms with Crippen LogP contribution in [-0.2, 0) is 31.8 Å². The molecule has 1 aromatic heterocycles. The van der Waals surface area contributed by atoms with E-state index in [4.69, 9.17) is 21.3 Å². The van der Waals surface area contributed by atoms with E-state index in [0.717, 1.165) is 118 Å². The standard InChI is InChI=1S/C50H53ClN6O6/c51-37-5-4-6-38-42(37)45(60)53-48-50(17-2-1-3-18-50)35-11-8-30(26-40(35)57(38)48)29-15-21-54(22-16-29)32-9-7-31(25-32)46(61)55-23-19-49(20-24-55)28-63-43-34-27-56(39-13-14-41(58)52-44(39)59)47(62)33(34)10-12-36(43)49/h4-6,8,10-12,26,29,31-32,39H,1-3,7,9,13-25,27-28H2,(H,52,58,59)/t31?,32?,39-/m0/s1. The summed E-state index contributed by atoms with van der Waals surface area (Å²) in [5.74, 6) is 1.53. The van der Waals surface area contributed by atoms with Gasteiger partial charge in [-0.2, -0.15) is 4.98 Å². The van der Waals surface area contributed by atoms with Gasteiger partial charge in [0.15, 0.2) is 0 Å². The fourth-order valence-corrected chi connectivity index (χ4v) is 13.6. The number of benzene rings is 3. The van der Waals surface area contributed by atoms with Gasteiger partial charge in [0.05, 0.1) is 40.2 Å². The van der Waals surface area contributed by atoms with Gasteiger partial charge in [0.2, 0.25) is 17.7 Å². The van der Waals surface area contributed by atoms with Gasteiger partial charge in [0.1, 0.15) is 17.6 Å². The third kappa shape index (κ3) is 6.02. The quantitative estimate of drug-likeness (QED) is 0.225. The van der Waals surface area contributed by atoms with Crippen LogP contribution in [0.1, 0.15) is 134 Å². The molecule has 5 fully saturated rings. The maximum atomic E-state index is 14.1. The first kappa shape index (κ1) is 39.5. The van der Waals surface area contributed by atoms with E-state index in [0.29, 0.717) is 66.5 Å². The lowest BCUT2D eigenvalue weighted by atomic mass is 9.69. The van der Waals surface area contributed by atoms with Crippen molar-refractivity contribution in [2.24, 2.45) is 5.92 Å². The summed E-state index contributed by atoms with van der Waals surface area (Å²) >= 11 is 6.63. The minimum absolute atomic E-state index is 0.0499. The number of imide groups is 1. The first-order chi connectivity index (χ1) is 30.6. The summed E-state index contributed by atoms with van der Waals surface area (Å²) in [5, 5.41) is 3.33. The zero-order chi connectivity index (χ0) is 42.8. The lowest BCUT2D eigenvalue weighted by Crippen LogP contribution is -2.52. The average Bonchev–Trinajstić information content (AvgIpc) is 4.07. The number of nitrogens with one attached hydrogen (secondary N) is 1. The van der Waals surface area contributed by atoms with E-state index in [2.05, 4.69) is 37.9 Å².